The third kappa shape index (κ3) is 3.29. The van der Waals surface area contributed by atoms with E-state index in [1.54, 1.807) is 23.8 Å². The molecule has 0 unspecified atom stereocenters. The lowest BCUT2D eigenvalue weighted by atomic mass is 10.2. The predicted octanol–water partition coefficient (Wildman–Crippen LogP) is 2.93. The first-order chi connectivity index (χ1) is 11.2. The Hall–Kier alpha value is -2.93. The number of benzene rings is 1. The number of nitrogens with zero attached hydrogens (tertiary/aromatic N) is 3. The van der Waals surface area contributed by atoms with Gasteiger partial charge in [-0.2, -0.15) is 0 Å². The van der Waals surface area contributed by atoms with Crippen molar-refractivity contribution < 1.29 is 14.4 Å². The van der Waals surface area contributed by atoms with E-state index >= 15 is 0 Å². The van der Waals surface area contributed by atoms with E-state index in [1.807, 2.05) is 24.3 Å². The van der Waals surface area contributed by atoms with Gasteiger partial charge in [0, 0.05) is 24.9 Å². The molecule has 0 aliphatic rings. The maximum Gasteiger partial charge on any atom is 0.286 e. The highest BCUT2D eigenvalue weighted by Crippen LogP contribution is 2.23. The highest BCUT2D eigenvalue weighted by Gasteiger charge is 2.09. The molecule has 0 atom stereocenters. The Labute approximate surface area is 132 Å². The minimum atomic E-state index is -0.425. The number of hydrogen-bond acceptors (Lipinski definition) is 5. The van der Waals surface area contributed by atoms with Crippen molar-refractivity contribution >= 4 is 11.3 Å². The fraction of sp³-hybridized carbons (Fsp3) is 0.188. The summed E-state index contributed by atoms with van der Waals surface area (Å²) >= 11 is 0. The molecule has 7 heteroatoms. The number of pyridine rings is 1. The van der Waals surface area contributed by atoms with Crippen LogP contribution in [0.3, 0.4) is 0 Å². The normalized spacial score (nSPS) is 10.8. The zero-order chi connectivity index (χ0) is 16.2. The number of fused-ring (bicyclic) bond motifs is 1. The van der Waals surface area contributed by atoms with Gasteiger partial charge in [-0.1, -0.05) is 0 Å². The molecular weight excluding hydrogens is 298 g/mol. The van der Waals surface area contributed by atoms with E-state index < -0.39 is 4.92 Å². The third-order valence-electron chi connectivity index (χ3n) is 3.35. The van der Waals surface area contributed by atoms with Crippen LogP contribution in [0.15, 0.2) is 48.8 Å². The second-order valence-corrected chi connectivity index (χ2v) is 4.90. The second kappa shape index (κ2) is 6.45. The Morgan fingerprint density at radius 3 is 2.61 bits per heavy atom. The molecule has 0 aliphatic heterocycles. The van der Waals surface area contributed by atoms with E-state index in [0.717, 1.165) is 17.0 Å². The van der Waals surface area contributed by atoms with Crippen molar-refractivity contribution in [1.29, 1.82) is 0 Å². The van der Waals surface area contributed by atoms with E-state index in [-0.39, 0.29) is 5.69 Å². The van der Waals surface area contributed by atoms with E-state index in [0.29, 0.717) is 18.9 Å². The average molecular weight is 313 g/mol. The molecule has 0 amide bonds. The van der Waals surface area contributed by atoms with Crippen molar-refractivity contribution in [2.24, 2.45) is 0 Å². The Morgan fingerprint density at radius 1 is 1.13 bits per heavy atom. The Bertz CT molecular complexity index is 827. The van der Waals surface area contributed by atoms with Crippen molar-refractivity contribution in [3.63, 3.8) is 0 Å². The monoisotopic (exact) mass is 313 g/mol. The zero-order valence-electron chi connectivity index (χ0n) is 12.5. The Kier molecular flexibility index (Phi) is 4.20. The first-order valence-corrected chi connectivity index (χ1v) is 7.03. The molecule has 0 aliphatic carbocycles. The van der Waals surface area contributed by atoms with Gasteiger partial charge < -0.3 is 9.47 Å². The lowest BCUT2D eigenvalue weighted by Gasteiger charge is -2.05. The number of aromatic nitrogens is 2. The summed E-state index contributed by atoms with van der Waals surface area (Å²) in [6, 6.07) is 10.6. The highest BCUT2D eigenvalue weighted by molar-refractivity contribution is 5.63. The zero-order valence-corrected chi connectivity index (χ0v) is 12.5. The molecule has 0 bridgehead atoms. The van der Waals surface area contributed by atoms with Crippen molar-refractivity contribution in [3.8, 4) is 17.0 Å². The highest BCUT2D eigenvalue weighted by atomic mass is 16.6. The van der Waals surface area contributed by atoms with Crippen LogP contribution < -0.4 is 4.74 Å². The molecular formula is C16H15N3O4. The van der Waals surface area contributed by atoms with Crippen molar-refractivity contribution in [2.75, 3.05) is 20.3 Å². The summed E-state index contributed by atoms with van der Waals surface area (Å²) in [5, 5.41) is 10.8. The van der Waals surface area contributed by atoms with Crippen LogP contribution in [-0.4, -0.2) is 34.6 Å². The van der Waals surface area contributed by atoms with Crippen LogP contribution in [0.2, 0.25) is 0 Å². The van der Waals surface area contributed by atoms with Crippen LogP contribution >= 0.6 is 0 Å². The molecule has 0 saturated carbocycles. The van der Waals surface area contributed by atoms with Crippen LogP contribution in [0.4, 0.5) is 5.69 Å². The first-order valence-electron chi connectivity index (χ1n) is 7.03. The van der Waals surface area contributed by atoms with Crippen LogP contribution in [0.25, 0.3) is 16.9 Å². The molecule has 7 nitrogen and oxygen atoms in total. The van der Waals surface area contributed by atoms with Gasteiger partial charge in [-0.25, -0.2) is 4.98 Å². The maximum absolute atomic E-state index is 10.8. The first kappa shape index (κ1) is 15.0. The Morgan fingerprint density at radius 2 is 1.91 bits per heavy atom. The van der Waals surface area contributed by atoms with Gasteiger partial charge in [-0.05, 0) is 30.3 Å². The molecule has 23 heavy (non-hydrogen) atoms. The fourth-order valence-corrected chi connectivity index (χ4v) is 2.19. The van der Waals surface area contributed by atoms with Gasteiger partial charge in [0.2, 0.25) is 0 Å². The smallest absolute Gasteiger partial charge is 0.286 e. The van der Waals surface area contributed by atoms with Crippen LogP contribution in [-0.2, 0) is 4.74 Å². The Balaban J connectivity index is 1.83. The minimum Gasteiger partial charge on any atom is -0.491 e. The number of imidazole rings is 1. The molecule has 2 aromatic heterocycles. The van der Waals surface area contributed by atoms with Crippen molar-refractivity contribution in [3.05, 3.63) is 58.9 Å². The number of methoxy groups -OCH3 is 1. The molecule has 0 saturated heterocycles. The largest absolute Gasteiger partial charge is 0.491 e. The predicted molar refractivity (Wildman–Crippen MR) is 84.7 cm³/mol. The van der Waals surface area contributed by atoms with Gasteiger partial charge in [0.1, 0.15) is 18.0 Å². The summed E-state index contributed by atoms with van der Waals surface area (Å²) in [5.41, 5.74) is 2.35. The number of ether oxygens (including phenoxy) is 2. The van der Waals surface area contributed by atoms with E-state index in [9.17, 15) is 10.1 Å². The number of rotatable bonds is 6. The summed E-state index contributed by atoms with van der Waals surface area (Å²) < 4.78 is 12.1. The summed E-state index contributed by atoms with van der Waals surface area (Å²) in [6.45, 7) is 1.03. The van der Waals surface area contributed by atoms with Gasteiger partial charge in [-0.3, -0.25) is 14.5 Å². The molecule has 0 radical (unpaired) electrons. The SMILES string of the molecule is COCCOc1ccc(-c2cn3cc([N+](=O)[O-])ccc3n2)cc1. The number of nitro groups is 1. The lowest BCUT2D eigenvalue weighted by molar-refractivity contribution is -0.385. The van der Waals surface area contributed by atoms with Crippen LogP contribution in [0.1, 0.15) is 0 Å². The van der Waals surface area contributed by atoms with Gasteiger partial charge >= 0.3 is 0 Å². The standard InChI is InChI=1S/C16H15N3O4/c1-22-8-9-23-14-5-2-12(3-6-14)15-11-18-10-13(19(20)21)4-7-16(18)17-15/h2-7,10-11H,8-9H2,1H3. The lowest BCUT2D eigenvalue weighted by Crippen LogP contribution is -2.03. The molecule has 2 heterocycles. The molecule has 3 aromatic rings. The summed E-state index contributed by atoms with van der Waals surface area (Å²) in [7, 11) is 1.63. The minimum absolute atomic E-state index is 0.0309. The molecule has 0 fully saturated rings. The molecule has 0 spiro atoms. The van der Waals surface area contributed by atoms with Gasteiger partial charge in [0.15, 0.2) is 0 Å². The summed E-state index contributed by atoms with van der Waals surface area (Å²) in [4.78, 5) is 14.9. The van der Waals surface area contributed by atoms with E-state index in [2.05, 4.69) is 4.98 Å². The summed E-state index contributed by atoms with van der Waals surface area (Å²) in [5.74, 6) is 0.755. The number of hydrogen-bond donors (Lipinski definition) is 0. The fourth-order valence-electron chi connectivity index (χ4n) is 2.19. The van der Waals surface area contributed by atoms with Crippen molar-refractivity contribution in [2.45, 2.75) is 0 Å². The molecule has 118 valence electrons. The molecule has 1 aromatic carbocycles. The van der Waals surface area contributed by atoms with Gasteiger partial charge in [0.25, 0.3) is 5.69 Å². The second-order valence-electron chi connectivity index (χ2n) is 4.90. The van der Waals surface area contributed by atoms with Crippen molar-refractivity contribution in [1.82, 2.24) is 9.38 Å². The average Bonchev–Trinajstić information content (AvgIpc) is 2.98. The molecule has 0 N–H and O–H groups in total. The topological polar surface area (TPSA) is 78.9 Å². The summed E-state index contributed by atoms with van der Waals surface area (Å²) in [6.07, 6.45) is 3.22. The van der Waals surface area contributed by atoms with Crippen LogP contribution in [0, 0.1) is 10.1 Å². The van der Waals surface area contributed by atoms with Gasteiger partial charge in [-0.15, -0.1) is 0 Å². The van der Waals surface area contributed by atoms with Gasteiger partial charge in [0.05, 0.1) is 23.4 Å². The third-order valence-corrected chi connectivity index (χ3v) is 3.35. The van der Waals surface area contributed by atoms with E-state index in [4.69, 9.17) is 9.47 Å². The van der Waals surface area contributed by atoms with E-state index in [1.165, 1.54) is 12.3 Å². The molecule has 3 rings (SSSR count). The maximum atomic E-state index is 10.8. The quantitative estimate of drug-likeness (QED) is 0.397. The van der Waals surface area contributed by atoms with Crippen LogP contribution in [0.5, 0.6) is 5.75 Å².